The fourth-order valence-corrected chi connectivity index (χ4v) is 3.38. The molecule has 3 aromatic rings. The highest BCUT2D eigenvalue weighted by Crippen LogP contribution is 2.27. The summed E-state index contributed by atoms with van der Waals surface area (Å²) in [6.45, 7) is 2.78. The molecule has 0 bridgehead atoms. The molecule has 1 amide bonds. The highest BCUT2D eigenvalue weighted by molar-refractivity contribution is 7.15. The van der Waals surface area contributed by atoms with Gasteiger partial charge < -0.3 is 10.1 Å². The number of nitrogens with zero attached hydrogens (tertiary/aromatic N) is 2. The van der Waals surface area contributed by atoms with Gasteiger partial charge in [-0.25, -0.2) is 9.78 Å². The highest BCUT2D eigenvalue weighted by Gasteiger charge is 2.10. The van der Waals surface area contributed by atoms with Crippen molar-refractivity contribution in [2.75, 3.05) is 6.54 Å². The van der Waals surface area contributed by atoms with Crippen LogP contribution in [0.25, 0.3) is 10.6 Å². The van der Waals surface area contributed by atoms with Crippen LogP contribution >= 0.6 is 11.3 Å². The molecule has 2 heterocycles. The standard InChI is InChI=1S/C19H19N3O2S/c1-14-17(25-18(22-14)16-8-5-10-20-12-16)9-11-21-19(23)24-13-15-6-3-2-4-7-15/h2-8,10,12H,9,11,13H2,1H3,(H,21,23). The predicted molar refractivity (Wildman–Crippen MR) is 98.4 cm³/mol. The molecule has 1 N–H and O–H groups in total. The monoisotopic (exact) mass is 353 g/mol. The zero-order chi connectivity index (χ0) is 17.5. The van der Waals surface area contributed by atoms with Gasteiger partial charge in [0.2, 0.25) is 0 Å². The third kappa shape index (κ3) is 4.87. The van der Waals surface area contributed by atoms with Gasteiger partial charge in [-0.3, -0.25) is 4.98 Å². The molecule has 128 valence electrons. The first-order valence-electron chi connectivity index (χ1n) is 8.03. The summed E-state index contributed by atoms with van der Waals surface area (Å²) in [7, 11) is 0. The number of hydrogen-bond acceptors (Lipinski definition) is 5. The van der Waals surface area contributed by atoms with Crippen LogP contribution in [0, 0.1) is 6.92 Å². The van der Waals surface area contributed by atoms with E-state index in [-0.39, 0.29) is 6.61 Å². The van der Waals surface area contributed by atoms with Gasteiger partial charge in [-0.05, 0) is 24.6 Å². The third-order valence-corrected chi connectivity index (χ3v) is 4.90. The number of carbonyl (C=O) groups is 1. The van der Waals surface area contributed by atoms with Crippen molar-refractivity contribution in [3.63, 3.8) is 0 Å². The lowest BCUT2D eigenvalue weighted by Crippen LogP contribution is -2.26. The van der Waals surface area contributed by atoms with Crippen LogP contribution in [0.4, 0.5) is 4.79 Å². The molecule has 1 aromatic carbocycles. The van der Waals surface area contributed by atoms with Crippen molar-refractivity contribution < 1.29 is 9.53 Å². The Morgan fingerprint density at radius 1 is 1.20 bits per heavy atom. The van der Waals surface area contributed by atoms with Gasteiger partial charge in [0.15, 0.2) is 0 Å². The van der Waals surface area contributed by atoms with E-state index in [0.717, 1.165) is 33.1 Å². The maximum atomic E-state index is 11.8. The number of hydrogen-bond donors (Lipinski definition) is 1. The minimum absolute atomic E-state index is 0.275. The topological polar surface area (TPSA) is 64.1 Å². The fraction of sp³-hybridized carbons (Fsp3) is 0.211. The number of rotatable bonds is 6. The molecule has 5 nitrogen and oxygen atoms in total. The van der Waals surface area contributed by atoms with Gasteiger partial charge >= 0.3 is 6.09 Å². The van der Waals surface area contributed by atoms with E-state index in [1.54, 1.807) is 23.7 Å². The molecule has 0 fully saturated rings. The first-order valence-corrected chi connectivity index (χ1v) is 8.85. The summed E-state index contributed by atoms with van der Waals surface area (Å²) < 4.78 is 5.20. The first kappa shape index (κ1) is 17.1. The molecule has 2 aromatic heterocycles. The average Bonchev–Trinajstić information content (AvgIpc) is 3.02. The quantitative estimate of drug-likeness (QED) is 0.728. The van der Waals surface area contributed by atoms with Gasteiger partial charge in [0.25, 0.3) is 0 Å². The van der Waals surface area contributed by atoms with Crippen LogP contribution in [0.1, 0.15) is 16.1 Å². The van der Waals surface area contributed by atoms with Gasteiger partial charge in [0.1, 0.15) is 11.6 Å². The first-order chi connectivity index (χ1) is 12.2. The van der Waals surface area contributed by atoms with Crippen LogP contribution in [0.2, 0.25) is 0 Å². The summed E-state index contributed by atoms with van der Waals surface area (Å²) in [5, 5.41) is 3.73. The molecule has 6 heteroatoms. The Hall–Kier alpha value is -2.73. The van der Waals surface area contributed by atoms with E-state index in [2.05, 4.69) is 15.3 Å². The Kier molecular flexibility index (Phi) is 5.74. The predicted octanol–water partition coefficient (Wildman–Crippen LogP) is 3.98. The number of carbonyl (C=O) groups excluding carboxylic acids is 1. The number of thiazole rings is 1. The van der Waals surface area contributed by atoms with Crippen LogP contribution < -0.4 is 5.32 Å². The molecule has 0 spiro atoms. The van der Waals surface area contributed by atoms with Gasteiger partial charge in [-0.2, -0.15) is 0 Å². The van der Waals surface area contributed by atoms with E-state index in [0.29, 0.717) is 6.54 Å². The van der Waals surface area contributed by atoms with E-state index in [9.17, 15) is 4.79 Å². The summed E-state index contributed by atoms with van der Waals surface area (Å²) in [6.07, 6.45) is 3.87. The number of ether oxygens (including phenoxy) is 1. The normalized spacial score (nSPS) is 10.4. The molecule has 0 aliphatic heterocycles. The average molecular weight is 353 g/mol. The molecule has 0 radical (unpaired) electrons. The van der Waals surface area contributed by atoms with Crippen molar-refractivity contribution in [3.8, 4) is 10.6 Å². The Bertz CT molecular complexity index is 819. The van der Waals surface area contributed by atoms with E-state index in [4.69, 9.17) is 4.74 Å². The summed E-state index contributed by atoms with van der Waals surface area (Å²) in [6, 6.07) is 13.5. The molecule has 25 heavy (non-hydrogen) atoms. The lowest BCUT2D eigenvalue weighted by atomic mass is 10.2. The van der Waals surface area contributed by atoms with Crippen LogP contribution in [-0.4, -0.2) is 22.6 Å². The second-order valence-corrected chi connectivity index (χ2v) is 6.59. The number of aromatic nitrogens is 2. The molecule has 0 aliphatic carbocycles. The lowest BCUT2D eigenvalue weighted by Gasteiger charge is -2.06. The Labute approximate surface area is 150 Å². The summed E-state index contributed by atoms with van der Waals surface area (Å²) in [4.78, 5) is 21.6. The third-order valence-electron chi connectivity index (χ3n) is 3.64. The summed E-state index contributed by atoms with van der Waals surface area (Å²) in [5.41, 5.74) is 2.97. The highest BCUT2D eigenvalue weighted by atomic mass is 32.1. The summed E-state index contributed by atoms with van der Waals surface area (Å²) in [5.74, 6) is 0. The van der Waals surface area contributed by atoms with Crippen molar-refractivity contribution in [1.29, 1.82) is 0 Å². The zero-order valence-electron chi connectivity index (χ0n) is 13.9. The van der Waals surface area contributed by atoms with Gasteiger partial charge in [0.05, 0.1) is 5.69 Å². The number of benzene rings is 1. The molecular formula is C19H19N3O2S. The number of aryl methyl sites for hydroxylation is 1. The van der Waals surface area contributed by atoms with Crippen LogP contribution in [-0.2, 0) is 17.8 Å². The Morgan fingerprint density at radius 3 is 2.80 bits per heavy atom. The Morgan fingerprint density at radius 2 is 2.04 bits per heavy atom. The minimum atomic E-state index is -0.404. The largest absolute Gasteiger partial charge is 0.445 e. The van der Waals surface area contributed by atoms with Gasteiger partial charge in [0, 0.05) is 35.8 Å². The minimum Gasteiger partial charge on any atom is -0.445 e. The molecule has 0 saturated heterocycles. The summed E-state index contributed by atoms with van der Waals surface area (Å²) >= 11 is 1.63. The number of amides is 1. The molecule has 0 unspecified atom stereocenters. The second-order valence-electron chi connectivity index (χ2n) is 5.51. The van der Waals surface area contributed by atoms with Crippen LogP contribution in [0.3, 0.4) is 0 Å². The van der Waals surface area contributed by atoms with Crippen molar-refractivity contribution in [2.45, 2.75) is 20.0 Å². The second kappa shape index (κ2) is 8.39. The smallest absolute Gasteiger partial charge is 0.407 e. The molecule has 3 rings (SSSR count). The van der Waals surface area contributed by atoms with Crippen LogP contribution in [0.15, 0.2) is 54.9 Å². The van der Waals surface area contributed by atoms with Crippen molar-refractivity contribution >= 4 is 17.4 Å². The van der Waals surface area contributed by atoms with Gasteiger partial charge in [-0.15, -0.1) is 11.3 Å². The fourth-order valence-electron chi connectivity index (χ4n) is 2.32. The molecule has 0 aliphatic rings. The maximum Gasteiger partial charge on any atom is 0.407 e. The number of pyridine rings is 1. The van der Waals surface area contributed by atoms with E-state index in [1.165, 1.54) is 0 Å². The molecular weight excluding hydrogens is 334 g/mol. The van der Waals surface area contributed by atoms with Crippen molar-refractivity contribution in [1.82, 2.24) is 15.3 Å². The number of alkyl carbamates (subject to hydrolysis) is 1. The lowest BCUT2D eigenvalue weighted by molar-refractivity contribution is 0.140. The van der Waals surface area contributed by atoms with E-state index < -0.39 is 6.09 Å². The molecule has 0 saturated carbocycles. The SMILES string of the molecule is Cc1nc(-c2cccnc2)sc1CCNC(=O)OCc1ccccc1. The molecule has 0 atom stereocenters. The van der Waals surface area contributed by atoms with Crippen molar-refractivity contribution in [3.05, 3.63) is 71.0 Å². The maximum absolute atomic E-state index is 11.8. The van der Waals surface area contributed by atoms with Crippen molar-refractivity contribution in [2.24, 2.45) is 0 Å². The number of nitrogens with one attached hydrogen (secondary N) is 1. The van der Waals surface area contributed by atoms with Crippen LogP contribution in [0.5, 0.6) is 0 Å². The zero-order valence-corrected chi connectivity index (χ0v) is 14.8. The van der Waals surface area contributed by atoms with E-state index in [1.807, 2.05) is 49.4 Å². The van der Waals surface area contributed by atoms with E-state index >= 15 is 0 Å². The van der Waals surface area contributed by atoms with Gasteiger partial charge in [-0.1, -0.05) is 30.3 Å². The Balaban J connectivity index is 1.47.